The summed E-state index contributed by atoms with van der Waals surface area (Å²) >= 11 is 0. The fourth-order valence-electron chi connectivity index (χ4n) is 2.24. The number of anilines is 1. The van der Waals surface area contributed by atoms with Gasteiger partial charge in [-0.15, -0.1) is 12.4 Å². The van der Waals surface area contributed by atoms with Crippen LogP contribution < -0.4 is 10.6 Å². The van der Waals surface area contributed by atoms with Gasteiger partial charge in [0.25, 0.3) is 0 Å². The van der Waals surface area contributed by atoms with Gasteiger partial charge in [0.05, 0.1) is 13.2 Å². The zero-order valence-corrected chi connectivity index (χ0v) is 12.6. The van der Waals surface area contributed by atoms with Crippen LogP contribution in [0.2, 0.25) is 0 Å². The molecule has 2 heterocycles. The molecule has 0 saturated carbocycles. The van der Waals surface area contributed by atoms with Crippen molar-refractivity contribution < 1.29 is 9.53 Å². The molecule has 1 unspecified atom stereocenters. The van der Waals surface area contributed by atoms with Crippen molar-refractivity contribution in [2.45, 2.75) is 25.8 Å². The minimum absolute atomic E-state index is 0. The number of methoxy groups -OCH3 is 1. The minimum Gasteiger partial charge on any atom is -0.383 e. The Morgan fingerprint density at radius 1 is 1.65 bits per heavy atom. The summed E-state index contributed by atoms with van der Waals surface area (Å²) in [6, 6.07) is 1.81. The number of nitrogens with one attached hydrogen (secondary N) is 2. The Labute approximate surface area is 125 Å². The van der Waals surface area contributed by atoms with Crippen LogP contribution in [0.3, 0.4) is 0 Å². The maximum atomic E-state index is 11.8. The Morgan fingerprint density at radius 3 is 3.20 bits per heavy atom. The molecule has 2 N–H and O–H groups in total. The van der Waals surface area contributed by atoms with E-state index in [9.17, 15) is 4.79 Å². The first-order chi connectivity index (χ1) is 9.28. The standard InChI is InChI=1S/C13H22N4O2.ClH/c1-19-9-8-17-7-5-12(16-17)15-13(18)3-2-11-4-6-14-10-11;/h5,7,11,14H,2-4,6,8-10H2,1H3,(H,15,16,18);1H. The molecule has 1 atom stereocenters. The number of hydrogen-bond acceptors (Lipinski definition) is 4. The highest BCUT2D eigenvalue weighted by atomic mass is 35.5. The molecule has 1 saturated heterocycles. The lowest BCUT2D eigenvalue weighted by Crippen LogP contribution is -2.15. The number of amides is 1. The second kappa shape index (κ2) is 8.94. The number of carbonyl (C=O) groups excluding carboxylic acids is 1. The number of halogens is 1. The Balaban J connectivity index is 0.00000200. The Morgan fingerprint density at radius 2 is 2.50 bits per heavy atom. The van der Waals surface area contributed by atoms with Crippen LogP contribution in [-0.2, 0) is 16.1 Å². The largest absolute Gasteiger partial charge is 0.383 e. The van der Waals surface area contributed by atoms with E-state index in [0.29, 0.717) is 31.3 Å². The van der Waals surface area contributed by atoms with Crippen molar-refractivity contribution in [3.05, 3.63) is 12.3 Å². The van der Waals surface area contributed by atoms with Crippen molar-refractivity contribution in [1.29, 1.82) is 0 Å². The lowest BCUT2D eigenvalue weighted by atomic mass is 10.0. The molecule has 1 aromatic rings. The third-order valence-electron chi connectivity index (χ3n) is 3.37. The molecule has 1 amide bonds. The summed E-state index contributed by atoms with van der Waals surface area (Å²) in [6.07, 6.45) is 4.54. The molecule has 1 fully saturated rings. The quantitative estimate of drug-likeness (QED) is 0.796. The summed E-state index contributed by atoms with van der Waals surface area (Å²) in [6.45, 7) is 3.43. The number of hydrogen-bond donors (Lipinski definition) is 2. The molecule has 114 valence electrons. The van der Waals surface area contributed by atoms with Gasteiger partial charge in [-0.05, 0) is 31.8 Å². The number of nitrogens with zero attached hydrogens (tertiary/aromatic N) is 2. The summed E-state index contributed by atoms with van der Waals surface area (Å²) in [5.74, 6) is 1.31. The minimum atomic E-state index is 0. The molecule has 0 aromatic carbocycles. The smallest absolute Gasteiger partial charge is 0.225 e. The lowest BCUT2D eigenvalue weighted by Gasteiger charge is -2.07. The van der Waals surface area contributed by atoms with Crippen LogP contribution in [0, 0.1) is 5.92 Å². The second-order valence-corrected chi connectivity index (χ2v) is 4.90. The summed E-state index contributed by atoms with van der Waals surface area (Å²) < 4.78 is 6.74. The van der Waals surface area contributed by atoms with E-state index < -0.39 is 0 Å². The first-order valence-electron chi connectivity index (χ1n) is 6.81. The monoisotopic (exact) mass is 302 g/mol. The first-order valence-corrected chi connectivity index (χ1v) is 6.81. The molecule has 0 spiro atoms. The zero-order chi connectivity index (χ0) is 13.5. The van der Waals surface area contributed by atoms with Crippen LogP contribution in [0.25, 0.3) is 0 Å². The third-order valence-corrected chi connectivity index (χ3v) is 3.37. The topological polar surface area (TPSA) is 68.2 Å². The molecule has 0 bridgehead atoms. The Bertz CT molecular complexity index is 405. The highest BCUT2D eigenvalue weighted by Gasteiger charge is 2.15. The van der Waals surface area contributed by atoms with E-state index in [1.165, 1.54) is 6.42 Å². The molecule has 1 aliphatic rings. The number of carbonyl (C=O) groups is 1. The van der Waals surface area contributed by atoms with Gasteiger partial charge < -0.3 is 15.4 Å². The van der Waals surface area contributed by atoms with Crippen molar-refractivity contribution in [2.24, 2.45) is 5.92 Å². The van der Waals surface area contributed by atoms with Crippen LogP contribution in [0.4, 0.5) is 5.82 Å². The van der Waals surface area contributed by atoms with E-state index in [2.05, 4.69) is 15.7 Å². The summed E-state index contributed by atoms with van der Waals surface area (Å²) in [5, 5.41) is 10.4. The van der Waals surface area contributed by atoms with Gasteiger partial charge in [-0.3, -0.25) is 9.48 Å². The normalized spacial score (nSPS) is 17.8. The van der Waals surface area contributed by atoms with Crippen LogP contribution in [0.5, 0.6) is 0 Å². The molecule has 7 heteroatoms. The maximum absolute atomic E-state index is 11.8. The fourth-order valence-corrected chi connectivity index (χ4v) is 2.24. The first kappa shape index (κ1) is 16.9. The molecule has 2 rings (SSSR count). The fraction of sp³-hybridized carbons (Fsp3) is 0.692. The highest BCUT2D eigenvalue weighted by molar-refractivity contribution is 5.89. The van der Waals surface area contributed by atoms with Crippen LogP contribution in [0.1, 0.15) is 19.3 Å². The number of rotatable bonds is 7. The number of ether oxygens (including phenoxy) is 1. The molecule has 1 aliphatic heterocycles. The van der Waals surface area contributed by atoms with Gasteiger partial charge >= 0.3 is 0 Å². The van der Waals surface area contributed by atoms with E-state index in [4.69, 9.17) is 4.74 Å². The van der Waals surface area contributed by atoms with Crippen LogP contribution in [-0.4, -0.2) is 42.5 Å². The highest BCUT2D eigenvalue weighted by Crippen LogP contribution is 2.14. The van der Waals surface area contributed by atoms with Gasteiger partial charge in [0.2, 0.25) is 5.91 Å². The van der Waals surface area contributed by atoms with Gasteiger partial charge in [-0.1, -0.05) is 0 Å². The molecule has 0 radical (unpaired) electrons. The summed E-state index contributed by atoms with van der Waals surface area (Å²) in [7, 11) is 1.66. The van der Waals surface area contributed by atoms with Gasteiger partial charge in [0, 0.05) is 25.8 Å². The average Bonchev–Trinajstić information content (AvgIpc) is 3.05. The van der Waals surface area contributed by atoms with Crippen molar-refractivity contribution in [2.75, 3.05) is 32.1 Å². The van der Waals surface area contributed by atoms with Gasteiger partial charge in [-0.2, -0.15) is 5.10 Å². The van der Waals surface area contributed by atoms with Gasteiger partial charge in [-0.25, -0.2) is 0 Å². The maximum Gasteiger partial charge on any atom is 0.225 e. The van der Waals surface area contributed by atoms with E-state index in [1.54, 1.807) is 11.8 Å². The lowest BCUT2D eigenvalue weighted by molar-refractivity contribution is -0.116. The number of aromatic nitrogens is 2. The van der Waals surface area contributed by atoms with E-state index in [-0.39, 0.29) is 18.3 Å². The Hall–Kier alpha value is -1.11. The van der Waals surface area contributed by atoms with Crippen LogP contribution >= 0.6 is 12.4 Å². The van der Waals surface area contributed by atoms with Crippen molar-refractivity contribution in [3.63, 3.8) is 0 Å². The molecule has 6 nitrogen and oxygen atoms in total. The average molecular weight is 303 g/mol. The van der Waals surface area contributed by atoms with Gasteiger partial charge in [0.15, 0.2) is 5.82 Å². The zero-order valence-electron chi connectivity index (χ0n) is 11.8. The van der Waals surface area contributed by atoms with Crippen LogP contribution in [0.15, 0.2) is 12.3 Å². The molecule has 0 aliphatic carbocycles. The molecule has 1 aromatic heterocycles. The van der Waals surface area contributed by atoms with Crippen molar-refractivity contribution >= 4 is 24.1 Å². The van der Waals surface area contributed by atoms with Crippen molar-refractivity contribution in [3.8, 4) is 0 Å². The van der Waals surface area contributed by atoms with E-state index >= 15 is 0 Å². The molecular formula is C13H23ClN4O2. The third kappa shape index (κ3) is 5.48. The summed E-state index contributed by atoms with van der Waals surface area (Å²) in [4.78, 5) is 11.8. The predicted octanol–water partition coefficient (Wildman–Crippen LogP) is 1.28. The van der Waals surface area contributed by atoms with Gasteiger partial charge in [0.1, 0.15) is 0 Å². The molecule has 20 heavy (non-hydrogen) atoms. The summed E-state index contributed by atoms with van der Waals surface area (Å²) in [5.41, 5.74) is 0. The second-order valence-electron chi connectivity index (χ2n) is 4.90. The predicted molar refractivity (Wildman–Crippen MR) is 80.2 cm³/mol. The van der Waals surface area contributed by atoms with Crippen molar-refractivity contribution in [1.82, 2.24) is 15.1 Å². The molecular weight excluding hydrogens is 280 g/mol. The Kier molecular flexibility index (Phi) is 7.58. The van der Waals surface area contributed by atoms with E-state index in [0.717, 1.165) is 19.5 Å². The van der Waals surface area contributed by atoms with E-state index in [1.807, 2.05) is 12.3 Å². The SMILES string of the molecule is COCCn1ccc(NC(=O)CCC2CCNC2)n1.Cl.